The van der Waals surface area contributed by atoms with Gasteiger partial charge in [-0.15, -0.1) is 11.3 Å². The zero-order chi connectivity index (χ0) is 16.0. The van der Waals surface area contributed by atoms with E-state index in [-0.39, 0.29) is 5.91 Å². The lowest BCUT2D eigenvalue weighted by Gasteiger charge is -2.03. The number of carbonyl (C=O) groups is 1. The Morgan fingerprint density at radius 1 is 1.22 bits per heavy atom. The van der Waals surface area contributed by atoms with Crippen molar-refractivity contribution in [1.29, 1.82) is 0 Å². The number of imidazole rings is 1. The van der Waals surface area contributed by atoms with Gasteiger partial charge < -0.3 is 9.72 Å². The summed E-state index contributed by atoms with van der Waals surface area (Å²) < 4.78 is 1.89. The Labute approximate surface area is 140 Å². The maximum atomic E-state index is 12.4. The predicted molar refractivity (Wildman–Crippen MR) is 92.5 cm³/mol. The highest BCUT2D eigenvalue weighted by Gasteiger charge is 2.12. The third kappa shape index (κ3) is 2.67. The minimum absolute atomic E-state index is 0.166. The molecule has 0 radical (unpaired) electrons. The van der Waals surface area contributed by atoms with E-state index in [9.17, 15) is 4.79 Å². The molecular formula is C16H11ClN4OS. The minimum atomic E-state index is -0.166. The van der Waals surface area contributed by atoms with Gasteiger partial charge in [-0.25, -0.2) is 9.97 Å². The van der Waals surface area contributed by atoms with Crippen LogP contribution in [0.1, 0.15) is 15.4 Å². The predicted octanol–water partition coefficient (Wildman–Crippen LogP) is 4.16. The molecule has 1 amide bonds. The Hall–Kier alpha value is -2.44. The third-order valence-corrected chi connectivity index (χ3v) is 4.66. The van der Waals surface area contributed by atoms with Crippen LogP contribution in [0.5, 0.6) is 0 Å². The first-order valence-electron chi connectivity index (χ1n) is 6.91. The lowest BCUT2D eigenvalue weighted by molar-refractivity contribution is 0.103. The molecule has 0 atom stereocenters. The van der Waals surface area contributed by atoms with Crippen molar-refractivity contribution in [2.75, 3.05) is 5.32 Å². The Kier molecular flexibility index (Phi) is 3.28. The van der Waals surface area contributed by atoms with E-state index in [4.69, 9.17) is 11.6 Å². The van der Waals surface area contributed by atoms with E-state index < -0.39 is 0 Å². The number of pyridine rings is 2. The first-order chi connectivity index (χ1) is 11.1. The summed E-state index contributed by atoms with van der Waals surface area (Å²) in [5.41, 5.74) is 2.49. The molecule has 4 aromatic rings. The second-order valence-electron chi connectivity index (χ2n) is 5.16. The Morgan fingerprint density at radius 2 is 2.09 bits per heavy atom. The number of fused-ring (bicyclic) bond motifs is 2. The largest absolute Gasteiger partial charge is 0.320 e. The number of carbonyl (C=O) groups excluding carboxylic acids is 1. The van der Waals surface area contributed by atoms with Crippen LogP contribution in [-0.2, 0) is 0 Å². The van der Waals surface area contributed by atoms with Crippen molar-refractivity contribution < 1.29 is 4.79 Å². The second kappa shape index (κ2) is 5.33. The SMILES string of the molecule is Cc1cn2cc(NC(=O)c3cc4ccc(Cl)nc4s3)ccc2n1. The standard InChI is InChI=1S/C16H11ClN4OS/c1-9-7-21-8-11(3-5-14(21)18-9)19-15(22)12-6-10-2-4-13(17)20-16(10)23-12/h2-8H,1H3,(H,19,22). The number of aromatic nitrogens is 3. The molecule has 0 aliphatic rings. The molecular weight excluding hydrogens is 332 g/mol. The zero-order valence-electron chi connectivity index (χ0n) is 12.1. The molecule has 23 heavy (non-hydrogen) atoms. The molecule has 0 fully saturated rings. The molecule has 114 valence electrons. The zero-order valence-corrected chi connectivity index (χ0v) is 13.6. The lowest BCUT2D eigenvalue weighted by atomic mass is 10.3. The summed E-state index contributed by atoms with van der Waals surface area (Å²) in [4.78, 5) is 22.4. The molecule has 7 heteroatoms. The normalized spacial score (nSPS) is 11.2. The molecule has 5 nitrogen and oxygen atoms in total. The van der Waals surface area contributed by atoms with E-state index in [0.29, 0.717) is 15.7 Å². The van der Waals surface area contributed by atoms with E-state index >= 15 is 0 Å². The molecule has 0 bridgehead atoms. The average Bonchev–Trinajstić information content (AvgIpc) is 3.08. The number of rotatable bonds is 2. The Morgan fingerprint density at radius 3 is 2.96 bits per heavy atom. The van der Waals surface area contributed by atoms with Crippen molar-refractivity contribution in [2.24, 2.45) is 0 Å². The van der Waals surface area contributed by atoms with E-state index in [1.54, 1.807) is 6.07 Å². The Bertz CT molecular complexity index is 1050. The summed E-state index contributed by atoms with van der Waals surface area (Å²) in [6, 6.07) is 9.10. The van der Waals surface area contributed by atoms with Gasteiger partial charge in [0, 0.05) is 17.8 Å². The first kappa shape index (κ1) is 14.2. The molecule has 4 aromatic heterocycles. The Balaban J connectivity index is 1.64. The van der Waals surface area contributed by atoms with Crippen LogP contribution in [0.25, 0.3) is 15.9 Å². The molecule has 1 N–H and O–H groups in total. The number of hydrogen-bond donors (Lipinski definition) is 1. The van der Waals surface area contributed by atoms with Crippen LogP contribution in [0.2, 0.25) is 5.15 Å². The number of aryl methyl sites for hydroxylation is 1. The molecule has 4 heterocycles. The van der Waals surface area contributed by atoms with Gasteiger partial charge in [0.05, 0.1) is 16.3 Å². The fourth-order valence-electron chi connectivity index (χ4n) is 2.39. The van der Waals surface area contributed by atoms with Crippen molar-refractivity contribution >= 4 is 50.4 Å². The summed E-state index contributed by atoms with van der Waals surface area (Å²) in [6.45, 7) is 1.93. The topological polar surface area (TPSA) is 59.3 Å². The number of anilines is 1. The molecule has 0 saturated carbocycles. The highest BCUT2D eigenvalue weighted by molar-refractivity contribution is 7.20. The van der Waals surface area contributed by atoms with Crippen molar-refractivity contribution in [3.05, 3.63) is 58.4 Å². The summed E-state index contributed by atoms with van der Waals surface area (Å²) in [7, 11) is 0. The van der Waals surface area contributed by atoms with E-state index in [0.717, 1.165) is 21.6 Å². The van der Waals surface area contributed by atoms with E-state index in [2.05, 4.69) is 15.3 Å². The molecule has 0 spiro atoms. The second-order valence-corrected chi connectivity index (χ2v) is 6.58. The van der Waals surface area contributed by atoms with Gasteiger partial charge in [0.1, 0.15) is 15.6 Å². The third-order valence-electron chi connectivity index (χ3n) is 3.40. The molecule has 0 aliphatic heterocycles. The smallest absolute Gasteiger partial charge is 0.265 e. The number of hydrogen-bond acceptors (Lipinski definition) is 4. The fraction of sp³-hybridized carbons (Fsp3) is 0.0625. The summed E-state index contributed by atoms with van der Waals surface area (Å²) in [5.74, 6) is -0.166. The number of nitrogens with one attached hydrogen (secondary N) is 1. The van der Waals surface area contributed by atoms with Crippen LogP contribution in [0.15, 0.2) is 42.7 Å². The average molecular weight is 343 g/mol. The van der Waals surface area contributed by atoms with Gasteiger partial charge in [0.2, 0.25) is 0 Å². The van der Waals surface area contributed by atoms with Crippen molar-refractivity contribution in [2.45, 2.75) is 6.92 Å². The van der Waals surface area contributed by atoms with Crippen LogP contribution in [0.3, 0.4) is 0 Å². The summed E-state index contributed by atoms with van der Waals surface area (Å²) in [5, 5.41) is 4.23. The molecule has 0 unspecified atom stereocenters. The number of halogens is 1. The van der Waals surface area contributed by atoms with Gasteiger partial charge in [0.25, 0.3) is 5.91 Å². The van der Waals surface area contributed by atoms with Gasteiger partial charge in [-0.05, 0) is 37.3 Å². The molecule has 0 aliphatic carbocycles. The van der Waals surface area contributed by atoms with Gasteiger partial charge in [0.15, 0.2) is 0 Å². The summed E-state index contributed by atoms with van der Waals surface area (Å²) in [6.07, 6.45) is 3.76. The fourth-order valence-corrected chi connectivity index (χ4v) is 3.52. The quantitative estimate of drug-likeness (QED) is 0.556. The highest BCUT2D eigenvalue weighted by Crippen LogP contribution is 2.26. The van der Waals surface area contributed by atoms with Crippen LogP contribution < -0.4 is 5.32 Å². The van der Waals surface area contributed by atoms with Gasteiger partial charge in [-0.1, -0.05) is 11.6 Å². The lowest BCUT2D eigenvalue weighted by Crippen LogP contribution is -2.10. The first-order valence-corrected chi connectivity index (χ1v) is 8.11. The maximum absolute atomic E-state index is 12.4. The van der Waals surface area contributed by atoms with Crippen LogP contribution in [0.4, 0.5) is 5.69 Å². The molecule has 4 rings (SSSR count). The van der Waals surface area contributed by atoms with Crippen molar-refractivity contribution in [1.82, 2.24) is 14.4 Å². The van der Waals surface area contributed by atoms with Crippen LogP contribution in [0, 0.1) is 6.92 Å². The van der Waals surface area contributed by atoms with Gasteiger partial charge in [-0.3, -0.25) is 4.79 Å². The number of amides is 1. The minimum Gasteiger partial charge on any atom is -0.320 e. The maximum Gasteiger partial charge on any atom is 0.265 e. The van der Waals surface area contributed by atoms with Crippen molar-refractivity contribution in [3.63, 3.8) is 0 Å². The van der Waals surface area contributed by atoms with Crippen LogP contribution >= 0.6 is 22.9 Å². The number of thiophene rings is 1. The summed E-state index contributed by atoms with van der Waals surface area (Å²) >= 11 is 7.20. The van der Waals surface area contributed by atoms with Gasteiger partial charge >= 0.3 is 0 Å². The van der Waals surface area contributed by atoms with E-state index in [1.807, 2.05) is 48.0 Å². The number of nitrogens with zero attached hydrogens (tertiary/aromatic N) is 3. The van der Waals surface area contributed by atoms with Crippen LogP contribution in [-0.4, -0.2) is 20.3 Å². The van der Waals surface area contributed by atoms with Gasteiger partial charge in [-0.2, -0.15) is 0 Å². The molecule has 0 saturated heterocycles. The highest BCUT2D eigenvalue weighted by atomic mass is 35.5. The monoisotopic (exact) mass is 342 g/mol. The van der Waals surface area contributed by atoms with Crippen molar-refractivity contribution in [3.8, 4) is 0 Å². The van der Waals surface area contributed by atoms with E-state index in [1.165, 1.54) is 11.3 Å². The molecule has 0 aromatic carbocycles.